The van der Waals surface area contributed by atoms with Gasteiger partial charge in [0.25, 0.3) is 0 Å². The minimum Gasteiger partial charge on any atom is -0.382 e. The number of hydrogen-bond acceptors (Lipinski definition) is 1. The van der Waals surface area contributed by atoms with Gasteiger partial charge in [-0.1, -0.05) is 0 Å². The minimum absolute atomic E-state index is 0. The molecule has 0 aromatic heterocycles. The SMILES string of the molecule is COCc1cc[c-]cc1.[Li+]. The third kappa shape index (κ3) is 3.08. The van der Waals surface area contributed by atoms with Crippen molar-refractivity contribution in [1.82, 2.24) is 0 Å². The largest absolute Gasteiger partial charge is 1.00 e. The fraction of sp³-hybridized carbons (Fsp3) is 0.250. The van der Waals surface area contributed by atoms with Crippen LogP contribution < -0.4 is 18.9 Å². The van der Waals surface area contributed by atoms with Crippen LogP contribution in [0.1, 0.15) is 5.56 Å². The van der Waals surface area contributed by atoms with Crippen molar-refractivity contribution in [2.75, 3.05) is 7.11 Å². The van der Waals surface area contributed by atoms with E-state index in [0.717, 1.165) is 0 Å². The smallest absolute Gasteiger partial charge is 0.382 e. The van der Waals surface area contributed by atoms with Gasteiger partial charge in [-0.25, -0.2) is 0 Å². The number of rotatable bonds is 2. The second-order valence-electron chi connectivity index (χ2n) is 1.84. The molecule has 1 rings (SSSR count). The van der Waals surface area contributed by atoms with E-state index in [1.54, 1.807) is 7.11 Å². The first-order valence-corrected chi connectivity index (χ1v) is 2.87. The first kappa shape index (κ1) is 9.78. The Bertz CT molecular complexity index is 162. The fourth-order valence-electron chi connectivity index (χ4n) is 0.684. The summed E-state index contributed by atoms with van der Waals surface area (Å²) in [6, 6.07) is 10.7. The topological polar surface area (TPSA) is 9.23 Å². The molecule has 0 aliphatic carbocycles. The molecule has 0 saturated carbocycles. The normalized spacial score (nSPS) is 8.50. The Labute approximate surface area is 73.6 Å². The van der Waals surface area contributed by atoms with Crippen molar-refractivity contribution in [2.45, 2.75) is 6.61 Å². The van der Waals surface area contributed by atoms with Crippen LogP contribution in [-0.4, -0.2) is 7.11 Å². The Hall–Kier alpha value is -0.223. The molecular formula is C8H9LiO. The second-order valence-corrected chi connectivity index (χ2v) is 1.84. The average Bonchev–Trinajstić information content (AvgIpc) is 1.91. The monoisotopic (exact) mass is 128 g/mol. The summed E-state index contributed by atoms with van der Waals surface area (Å²) in [6.07, 6.45) is 0. The van der Waals surface area contributed by atoms with Gasteiger partial charge >= 0.3 is 18.9 Å². The molecule has 0 unspecified atom stereocenters. The van der Waals surface area contributed by atoms with E-state index in [1.807, 2.05) is 24.3 Å². The molecule has 0 saturated heterocycles. The van der Waals surface area contributed by atoms with Gasteiger partial charge in [0.1, 0.15) is 0 Å². The maximum absolute atomic E-state index is 4.91. The fourth-order valence-corrected chi connectivity index (χ4v) is 0.684. The molecular weight excluding hydrogens is 119 g/mol. The molecule has 10 heavy (non-hydrogen) atoms. The molecule has 0 spiro atoms. The molecule has 0 fully saturated rings. The van der Waals surface area contributed by atoms with Crippen molar-refractivity contribution in [3.63, 3.8) is 0 Å². The average molecular weight is 128 g/mol. The first-order chi connectivity index (χ1) is 4.43. The quantitative estimate of drug-likeness (QED) is 0.353. The Morgan fingerprint density at radius 2 is 2.00 bits per heavy atom. The standard InChI is InChI=1S/C8H9O.Li/c1-9-7-8-5-3-2-4-6-8;/h3-6H,7H2,1H3;/q-1;+1. The van der Waals surface area contributed by atoms with Crippen LogP contribution in [0, 0.1) is 6.07 Å². The summed E-state index contributed by atoms with van der Waals surface area (Å²) < 4.78 is 4.91. The maximum atomic E-state index is 4.91. The van der Waals surface area contributed by atoms with Crippen LogP contribution >= 0.6 is 0 Å². The molecule has 0 amide bonds. The van der Waals surface area contributed by atoms with Gasteiger partial charge < -0.3 is 4.74 Å². The van der Waals surface area contributed by atoms with Crippen LogP contribution in [0.2, 0.25) is 0 Å². The van der Waals surface area contributed by atoms with Crippen molar-refractivity contribution in [3.8, 4) is 0 Å². The zero-order chi connectivity index (χ0) is 6.53. The van der Waals surface area contributed by atoms with Gasteiger partial charge in [-0.3, -0.25) is 0 Å². The van der Waals surface area contributed by atoms with Crippen molar-refractivity contribution >= 4 is 0 Å². The van der Waals surface area contributed by atoms with Crippen LogP contribution in [0.15, 0.2) is 24.3 Å². The van der Waals surface area contributed by atoms with E-state index >= 15 is 0 Å². The number of benzene rings is 1. The van der Waals surface area contributed by atoms with Crippen LogP contribution in [0.5, 0.6) is 0 Å². The van der Waals surface area contributed by atoms with E-state index < -0.39 is 0 Å². The van der Waals surface area contributed by atoms with Crippen LogP contribution in [-0.2, 0) is 11.3 Å². The van der Waals surface area contributed by atoms with E-state index in [2.05, 4.69) is 6.07 Å². The zero-order valence-electron chi connectivity index (χ0n) is 6.42. The Morgan fingerprint density at radius 1 is 1.40 bits per heavy atom. The van der Waals surface area contributed by atoms with E-state index in [-0.39, 0.29) is 18.9 Å². The molecule has 0 aliphatic heterocycles. The van der Waals surface area contributed by atoms with Gasteiger partial charge in [-0.15, -0.1) is 5.56 Å². The molecule has 0 atom stereocenters. The van der Waals surface area contributed by atoms with Gasteiger partial charge in [0, 0.05) is 13.7 Å². The summed E-state index contributed by atoms with van der Waals surface area (Å²) in [5, 5.41) is 0. The molecule has 1 nitrogen and oxygen atoms in total. The minimum atomic E-state index is 0. The molecule has 2 heteroatoms. The van der Waals surface area contributed by atoms with Crippen LogP contribution in [0.3, 0.4) is 0 Å². The Balaban J connectivity index is 0.000000810. The third-order valence-electron chi connectivity index (χ3n) is 1.10. The summed E-state index contributed by atoms with van der Waals surface area (Å²) in [7, 11) is 1.69. The zero-order valence-corrected chi connectivity index (χ0v) is 6.42. The van der Waals surface area contributed by atoms with Crippen molar-refractivity contribution in [2.24, 2.45) is 0 Å². The molecule has 1 aromatic carbocycles. The summed E-state index contributed by atoms with van der Waals surface area (Å²) in [5.41, 5.74) is 1.19. The maximum Gasteiger partial charge on any atom is 1.00 e. The molecule has 0 bridgehead atoms. The molecule has 0 aliphatic rings. The van der Waals surface area contributed by atoms with E-state index in [1.165, 1.54) is 5.56 Å². The summed E-state index contributed by atoms with van der Waals surface area (Å²) in [4.78, 5) is 0. The second kappa shape index (κ2) is 5.55. The van der Waals surface area contributed by atoms with Crippen molar-refractivity contribution < 1.29 is 23.6 Å². The molecule has 1 aromatic rings. The summed E-state index contributed by atoms with van der Waals surface area (Å²) >= 11 is 0. The van der Waals surface area contributed by atoms with Crippen LogP contribution in [0.4, 0.5) is 0 Å². The van der Waals surface area contributed by atoms with Gasteiger partial charge in [0.15, 0.2) is 0 Å². The van der Waals surface area contributed by atoms with Crippen molar-refractivity contribution in [3.05, 3.63) is 35.9 Å². The summed E-state index contributed by atoms with van der Waals surface area (Å²) in [6.45, 7) is 0.689. The van der Waals surface area contributed by atoms with E-state index in [9.17, 15) is 0 Å². The number of ether oxygens (including phenoxy) is 1. The van der Waals surface area contributed by atoms with Crippen molar-refractivity contribution in [1.29, 1.82) is 0 Å². The molecule has 48 valence electrons. The van der Waals surface area contributed by atoms with Gasteiger partial charge in [0.05, 0.1) is 0 Å². The van der Waals surface area contributed by atoms with Gasteiger partial charge in [-0.05, 0) is 0 Å². The predicted octanol–water partition coefficient (Wildman–Crippen LogP) is -1.36. The van der Waals surface area contributed by atoms with E-state index in [4.69, 9.17) is 4.74 Å². The predicted molar refractivity (Wildman–Crippen MR) is 36.0 cm³/mol. The molecule has 0 N–H and O–H groups in total. The number of methoxy groups -OCH3 is 1. The van der Waals surface area contributed by atoms with Gasteiger partial charge in [0.2, 0.25) is 0 Å². The molecule has 0 radical (unpaired) electrons. The molecule has 0 heterocycles. The van der Waals surface area contributed by atoms with E-state index in [0.29, 0.717) is 6.61 Å². The Morgan fingerprint density at radius 3 is 2.50 bits per heavy atom. The third-order valence-corrected chi connectivity index (χ3v) is 1.10. The number of hydrogen-bond donors (Lipinski definition) is 0. The first-order valence-electron chi connectivity index (χ1n) is 2.87. The summed E-state index contributed by atoms with van der Waals surface area (Å²) in [5.74, 6) is 0. The van der Waals surface area contributed by atoms with Crippen LogP contribution in [0.25, 0.3) is 0 Å². The van der Waals surface area contributed by atoms with Gasteiger partial charge in [-0.2, -0.15) is 30.3 Å². The Kier molecular flexibility index (Phi) is 5.43.